The van der Waals surface area contributed by atoms with Gasteiger partial charge in [-0.05, 0) is 37.9 Å². The summed E-state index contributed by atoms with van der Waals surface area (Å²) in [6.07, 6.45) is 2.62. The number of nitrogens with zero attached hydrogens (tertiary/aromatic N) is 1. The van der Waals surface area contributed by atoms with E-state index in [0.717, 1.165) is 38.2 Å². The molecule has 0 atom stereocenters. The number of carbonyl (C=O) groups excluding carboxylic acids is 1. The number of nitrogens with one attached hydrogen (secondary N) is 1. The minimum Gasteiger partial charge on any atom is -0.390 e. The fourth-order valence-electron chi connectivity index (χ4n) is 2.72. The topological polar surface area (TPSA) is 78.6 Å². The number of carbonyl (C=O) groups is 1. The summed E-state index contributed by atoms with van der Waals surface area (Å²) in [5.74, 6) is 0.0315. The second-order valence-electron chi connectivity index (χ2n) is 5.77. The van der Waals surface area contributed by atoms with Crippen LogP contribution in [-0.2, 0) is 4.79 Å². The zero-order valence-electron chi connectivity index (χ0n) is 12.4. The Kier molecular flexibility index (Phi) is 5.73. The van der Waals surface area contributed by atoms with Gasteiger partial charge < -0.3 is 21.1 Å². The van der Waals surface area contributed by atoms with Crippen molar-refractivity contribution in [3.63, 3.8) is 0 Å². The lowest BCUT2D eigenvalue weighted by Gasteiger charge is -2.38. The highest BCUT2D eigenvalue weighted by atomic mass is 16.3. The molecule has 116 valence electrons. The molecule has 1 saturated heterocycles. The van der Waals surface area contributed by atoms with Gasteiger partial charge in [-0.2, -0.15) is 0 Å². The number of hydrogen-bond acceptors (Lipinski definition) is 4. The molecule has 1 fully saturated rings. The van der Waals surface area contributed by atoms with Crippen molar-refractivity contribution in [2.75, 3.05) is 31.5 Å². The van der Waals surface area contributed by atoms with Crippen molar-refractivity contribution >= 4 is 11.6 Å². The van der Waals surface area contributed by atoms with Gasteiger partial charge in [0.1, 0.15) is 0 Å². The normalized spacial score (nSPS) is 18.4. The fraction of sp³-hybridized carbons (Fsp3) is 0.562. The third kappa shape index (κ3) is 5.12. The maximum atomic E-state index is 11.9. The molecule has 1 amide bonds. The van der Waals surface area contributed by atoms with Gasteiger partial charge in [-0.15, -0.1) is 0 Å². The van der Waals surface area contributed by atoms with Crippen LogP contribution in [0.3, 0.4) is 0 Å². The molecule has 0 saturated carbocycles. The average molecular weight is 291 g/mol. The smallest absolute Gasteiger partial charge is 0.225 e. The summed E-state index contributed by atoms with van der Waals surface area (Å²) < 4.78 is 0. The Morgan fingerprint density at radius 2 is 1.95 bits per heavy atom. The van der Waals surface area contributed by atoms with Crippen LogP contribution in [0, 0.1) is 0 Å². The molecule has 4 N–H and O–H groups in total. The maximum Gasteiger partial charge on any atom is 0.225 e. The van der Waals surface area contributed by atoms with Gasteiger partial charge in [0.2, 0.25) is 5.91 Å². The first kappa shape index (κ1) is 15.9. The van der Waals surface area contributed by atoms with Gasteiger partial charge in [0.05, 0.1) is 5.60 Å². The highest BCUT2D eigenvalue weighted by Crippen LogP contribution is 2.25. The lowest BCUT2D eigenvalue weighted by atomic mass is 9.88. The summed E-state index contributed by atoms with van der Waals surface area (Å²) in [6, 6.07) is 9.49. The number of para-hydroxylation sites is 1. The van der Waals surface area contributed by atoms with Gasteiger partial charge >= 0.3 is 0 Å². The zero-order valence-corrected chi connectivity index (χ0v) is 12.4. The van der Waals surface area contributed by atoms with Crippen LogP contribution in [0.15, 0.2) is 30.3 Å². The molecule has 0 radical (unpaired) electrons. The summed E-state index contributed by atoms with van der Waals surface area (Å²) in [5, 5.41) is 13.2. The summed E-state index contributed by atoms with van der Waals surface area (Å²) in [5.41, 5.74) is 5.76. The third-order valence-corrected chi connectivity index (χ3v) is 4.11. The number of benzene rings is 1. The molecule has 21 heavy (non-hydrogen) atoms. The van der Waals surface area contributed by atoms with Gasteiger partial charge in [-0.1, -0.05) is 18.2 Å². The van der Waals surface area contributed by atoms with Gasteiger partial charge in [0, 0.05) is 31.7 Å². The molecule has 1 heterocycles. The number of rotatable bonds is 6. The van der Waals surface area contributed by atoms with Crippen molar-refractivity contribution in [2.24, 2.45) is 5.73 Å². The van der Waals surface area contributed by atoms with Crippen molar-refractivity contribution in [2.45, 2.75) is 31.3 Å². The van der Waals surface area contributed by atoms with Crippen molar-refractivity contribution in [1.29, 1.82) is 0 Å². The van der Waals surface area contributed by atoms with Gasteiger partial charge in [0.15, 0.2) is 0 Å². The Morgan fingerprint density at radius 1 is 1.29 bits per heavy atom. The van der Waals surface area contributed by atoms with Crippen molar-refractivity contribution in [3.8, 4) is 0 Å². The van der Waals surface area contributed by atoms with Crippen LogP contribution in [0.25, 0.3) is 0 Å². The Balaban J connectivity index is 1.69. The summed E-state index contributed by atoms with van der Waals surface area (Å²) in [7, 11) is 0. The molecule has 0 bridgehead atoms. The molecule has 1 aliphatic rings. The van der Waals surface area contributed by atoms with Crippen LogP contribution in [-0.4, -0.2) is 47.7 Å². The van der Waals surface area contributed by atoms with Crippen molar-refractivity contribution in [3.05, 3.63) is 30.3 Å². The number of amides is 1. The molecular weight excluding hydrogens is 266 g/mol. The first-order chi connectivity index (χ1) is 10.1. The minimum atomic E-state index is -0.600. The molecule has 2 rings (SSSR count). The van der Waals surface area contributed by atoms with E-state index in [4.69, 9.17) is 5.73 Å². The Hall–Kier alpha value is -1.43. The minimum absolute atomic E-state index is 0.0315. The molecule has 0 spiro atoms. The van der Waals surface area contributed by atoms with E-state index in [1.165, 1.54) is 0 Å². The molecule has 0 unspecified atom stereocenters. The lowest BCUT2D eigenvalue weighted by molar-refractivity contribution is -0.116. The number of hydrogen-bond donors (Lipinski definition) is 3. The fourth-order valence-corrected chi connectivity index (χ4v) is 2.72. The molecule has 5 heteroatoms. The van der Waals surface area contributed by atoms with Crippen LogP contribution in [0.1, 0.15) is 25.7 Å². The lowest BCUT2D eigenvalue weighted by Crippen LogP contribution is -2.46. The van der Waals surface area contributed by atoms with E-state index in [-0.39, 0.29) is 5.91 Å². The van der Waals surface area contributed by atoms with E-state index in [0.29, 0.717) is 19.4 Å². The first-order valence-corrected chi connectivity index (χ1v) is 7.61. The van der Waals surface area contributed by atoms with E-state index >= 15 is 0 Å². The van der Waals surface area contributed by atoms with E-state index in [9.17, 15) is 9.90 Å². The zero-order chi connectivity index (χ0) is 15.1. The third-order valence-electron chi connectivity index (χ3n) is 4.11. The van der Waals surface area contributed by atoms with Crippen LogP contribution in [0.2, 0.25) is 0 Å². The van der Waals surface area contributed by atoms with E-state index < -0.39 is 5.60 Å². The Morgan fingerprint density at radius 3 is 2.57 bits per heavy atom. The Bertz CT molecular complexity index is 442. The van der Waals surface area contributed by atoms with E-state index in [1.807, 2.05) is 30.3 Å². The maximum absolute atomic E-state index is 11.9. The summed E-state index contributed by atoms with van der Waals surface area (Å²) >= 11 is 0. The first-order valence-electron chi connectivity index (χ1n) is 7.61. The molecule has 1 aromatic rings. The summed E-state index contributed by atoms with van der Waals surface area (Å²) in [6.45, 7) is 2.91. The predicted octanol–water partition coefficient (Wildman–Crippen LogP) is 1.19. The number of aliphatic hydroxyl groups is 1. The predicted molar refractivity (Wildman–Crippen MR) is 84.0 cm³/mol. The van der Waals surface area contributed by atoms with Crippen LogP contribution in [0.4, 0.5) is 5.69 Å². The van der Waals surface area contributed by atoms with Crippen molar-refractivity contribution in [1.82, 2.24) is 4.90 Å². The van der Waals surface area contributed by atoms with Crippen LogP contribution < -0.4 is 11.1 Å². The van der Waals surface area contributed by atoms with E-state index in [2.05, 4.69) is 10.2 Å². The summed E-state index contributed by atoms with van der Waals surface area (Å²) in [4.78, 5) is 14.1. The molecule has 5 nitrogen and oxygen atoms in total. The average Bonchev–Trinajstić information content (AvgIpc) is 2.48. The second kappa shape index (κ2) is 7.54. The van der Waals surface area contributed by atoms with Gasteiger partial charge in [-0.3, -0.25) is 4.79 Å². The number of likely N-dealkylation sites (tertiary alicyclic amines) is 1. The standard InChI is InChI=1S/C16H25N3O2/c17-10-7-16(21)8-12-19(13-9-16)11-6-15(20)18-14-4-2-1-3-5-14/h1-5,21H,6-13,17H2,(H,18,20). The molecular formula is C16H25N3O2. The largest absolute Gasteiger partial charge is 0.390 e. The SMILES string of the molecule is NCCC1(O)CCN(CCC(=O)Nc2ccccc2)CC1. The highest BCUT2D eigenvalue weighted by Gasteiger charge is 2.31. The second-order valence-corrected chi connectivity index (χ2v) is 5.77. The number of nitrogens with two attached hydrogens (primary N) is 1. The Labute approximate surface area is 126 Å². The van der Waals surface area contributed by atoms with E-state index in [1.54, 1.807) is 0 Å². The molecule has 1 aliphatic heterocycles. The molecule has 1 aromatic carbocycles. The van der Waals surface area contributed by atoms with Gasteiger partial charge in [0.25, 0.3) is 0 Å². The molecule has 0 aliphatic carbocycles. The number of piperidine rings is 1. The highest BCUT2D eigenvalue weighted by molar-refractivity contribution is 5.90. The number of anilines is 1. The monoisotopic (exact) mass is 291 g/mol. The van der Waals surface area contributed by atoms with Crippen LogP contribution >= 0.6 is 0 Å². The molecule has 0 aromatic heterocycles. The quantitative estimate of drug-likeness (QED) is 0.735. The van der Waals surface area contributed by atoms with Crippen LogP contribution in [0.5, 0.6) is 0 Å². The van der Waals surface area contributed by atoms with Crippen molar-refractivity contribution < 1.29 is 9.90 Å². The van der Waals surface area contributed by atoms with Gasteiger partial charge in [-0.25, -0.2) is 0 Å².